The van der Waals surface area contributed by atoms with Crippen LogP contribution in [0.5, 0.6) is 0 Å². The highest BCUT2D eigenvalue weighted by atomic mass is 28.4. The van der Waals surface area contributed by atoms with Gasteiger partial charge < -0.3 is 9.16 Å². The zero-order chi connectivity index (χ0) is 22.5. The molecule has 0 aromatic heterocycles. The van der Waals surface area contributed by atoms with Gasteiger partial charge in [0.1, 0.15) is 6.10 Å². The Morgan fingerprint density at radius 2 is 1.59 bits per heavy atom. The summed E-state index contributed by atoms with van der Waals surface area (Å²) in [6, 6.07) is 0. The molecule has 0 rings (SSSR count). The summed E-state index contributed by atoms with van der Waals surface area (Å²) in [5.74, 6) is -0.587. The van der Waals surface area contributed by atoms with E-state index in [4.69, 9.17) is 9.16 Å². The second-order valence-corrected chi connectivity index (χ2v) is 14.4. The predicted octanol–water partition coefficient (Wildman–Crippen LogP) is 7.19. The maximum atomic E-state index is 12.8. The van der Waals surface area contributed by atoms with E-state index in [-0.39, 0.29) is 35.4 Å². The lowest BCUT2D eigenvalue weighted by molar-refractivity contribution is -0.151. The second-order valence-electron chi connectivity index (χ2n) is 9.67. The average Bonchev–Trinajstić information content (AvgIpc) is 2.58. The first-order valence-corrected chi connectivity index (χ1v) is 14.4. The lowest BCUT2D eigenvalue weighted by atomic mass is 9.93. The van der Waals surface area contributed by atoms with Crippen molar-refractivity contribution in [2.24, 2.45) is 5.92 Å². The van der Waals surface area contributed by atoms with Gasteiger partial charge in [0.25, 0.3) is 14.3 Å². The average molecular weight is 427 g/mol. The number of hydrogen-bond donors (Lipinski definition) is 0. The molecule has 0 bridgehead atoms. The fraction of sp³-hybridized carbons (Fsp3) is 0.833. The third-order valence-electron chi connectivity index (χ3n) is 5.82. The van der Waals surface area contributed by atoms with Gasteiger partial charge in [0.05, 0.1) is 6.42 Å². The monoisotopic (exact) mass is 426 g/mol. The molecule has 0 saturated heterocycles. The molecule has 170 valence electrons. The number of ether oxygens (including phenoxy) is 1. The Bertz CT molecular complexity index is 506. The standard InChI is InChI=1S/C24H46O4Si/c1-9-11-13-14-16-17-21(22(27-20(3)25)18-15-12-10-2)19-23(26)28-29(7,8)24(4,5)6/h16-17,21-22H,9-15,18-19H2,1-8H3/b17-16+/t21-,22+/m1/s1. The van der Waals surface area contributed by atoms with Crippen LogP contribution >= 0.6 is 0 Å². The van der Waals surface area contributed by atoms with E-state index >= 15 is 0 Å². The smallest absolute Gasteiger partial charge is 0.302 e. The number of hydrogen-bond acceptors (Lipinski definition) is 4. The molecule has 0 saturated carbocycles. The van der Waals surface area contributed by atoms with Crippen LogP contribution in [0.3, 0.4) is 0 Å². The molecule has 0 radical (unpaired) electrons. The third-order valence-corrected chi connectivity index (χ3v) is 10.2. The Kier molecular flexibility index (Phi) is 13.5. The van der Waals surface area contributed by atoms with E-state index in [1.807, 2.05) is 0 Å². The number of unbranched alkanes of at least 4 members (excludes halogenated alkanes) is 5. The zero-order valence-electron chi connectivity index (χ0n) is 20.3. The quantitative estimate of drug-likeness (QED) is 0.128. The molecule has 0 aliphatic rings. The van der Waals surface area contributed by atoms with Crippen molar-refractivity contribution in [3.63, 3.8) is 0 Å². The predicted molar refractivity (Wildman–Crippen MR) is 124 cm³/mol. The molecule has 0 aliphatic carbocycles. The number of carbonyl (C=O) groups excluding carboxylic acids is 2. The summed E-state index contributed by atoms with van der Waals surface area (Å²) in [5.41, 5.74) is 0. The van der Waals surface area contributed by atoms with Gasteiger partial charge in [0.2, 0.25) is 0 Å². The summed E-state index contributed by atoms with van der Waals surface area (Å²) in [4.78, 5) is 24.5. The highest BCUT2D eigenvalue weighted by Crippen LogP contribution is 2.37. The van der Waals surface area contributed by atoms with Crippen LogP contribution in [-0.2, 0) is 18.8 Å². The van der Waals surface area contributed by atoms with Crippen molar-refractivity contribution in [3.8, 4) is 0 Å². The van der Waals surface area contributed by atoms with Gasteiger partial charge in [-0.15, -0.1) is 0 Å². The molecule has 0 N–H and O–H groups in total. The second kappa shape index (κ2) is 14.0. The van der Waals surface area contributed by atoms with E-state index in [0.717, 1.165) is 38.5 Å². The summed E-state index contributed by atoms with van der Waals surface area (Å²) in [6.07, 6.45) is 12.7. The van der Waals surface area contributed by atoms with Gasteiger partial charge >= 0.3 is 5.97 Å². The lowest BCUT2D eigenvalue weighted by Crippen LogP contribution is -2.43. The first-order chi connectivity index (χ1) is 13.4. The normalized spacial score (nSPS) is 14.6. The van der Waals surface area contributed by atoms with Crippen molar-refractivity contribution in [1.29, 1.82) is 0 Å². The van der Waals surface area contributed by atoms with Gasteiger partial charge in [-0.1, -0.05) is 72.5 Å². The van der Waals surface area contributed by atoms with Crippen LogP contribution < -0.4 is 0 Å². The minimum atomic E-state index is -2.16. The summed E-state index contributed by atoms with van der Waals surface area (Å²) in [7, 11) is -2.16. The van der Waals surface area contributed by atoms with E-state index in [1.165, 1.54) is 19.8 Å². The molecule has 0 fully saturated rings. The number of esters is 1. The van der Waals surface area contributed by atoms with Crippen LogP contribution in [0.2, 0.25) is 18.1 Å². The highest BCUT2D eigenvalue weighted by molar-refractivity contribution is 6.75. The van der Waals surface area contributed by atoms with E-state index in [2.05, 4.69) is 59.9 Å². The molecule has 5 heteroatoms. The molecule has 0 aromatic carbocycles. The van der Waals surface area contributed by atoms with Crippen LogP contribution in [0, 0.1) is 5.92 Å². The van der Waals surface area contributed by atoms with Gasteiger partial charge in [-0.3, -0.25) is 9.59 Å². The minimum absolute atomic E-state index is 0.0233. The molecule has 4 nitrogen and oxygen atoms in total. The summed E-state index contributed by atoms with van der Waals surface area (Å²) >= 11 is 0. The summed E-state index contributed by atoms with van der Waals surface area (Å²) < 4.78 is 11.6. The van der Waals surface area contributed by atoms with E-state index in [1.54, 1.807) is 0 Å². The Morgan fingerprint density at radius 3 is 2.10 bits per heavy atom. The first-order valence-electron chi connectivity index (χ1n) is 11.5. The highest BCUT2D eigenvalue weighted by Gasteiger charge is 2.40. The van der Waals surface area contributed by atoms with Crippen molar-refractivity contribution in [2.45, 2.75) is 124 Å². The Morgan fingerprint density at radius 1 is 1.00 bits per heavy atom. The van der Waals surface area contributed by atoms with Crippen LogP contribution in [0.25, 0.3) is 0 Å². The molecular formula is C24H46O4Si. The first kappa shape index (κ1) is 27.9. The number of carbonyl (C=O) groups is 2. The van der Waals surface area contributed by atoms with Crippen LogP contribution in [0.15, 0.2) is 12.2 Å². The van der Waals surface area contributed by atoms with E-state index in [9.17, 15) is 9.59 Å². The molecule has 0 spiro atoms. The molecular weight excluding hydrogens is 380 g/mol. The van der Waals surface area contributed by atoms with Crippen molar-refractivity contribution >= 4 is 20.3 Å². The largest absolute Gasteiger partial charge is 0.519 e. The Labute approximate surface area is 180 Å². The maximum Gasteiger partial charge on any atom is 0.302 e. The Balaban J connectivity index is 5.30. The molecule has 29 heavy (non-hydrogen) atoms. The Hall–Kier alpha value is -1.10. The van der Waals surface area contributed by atoms with Crippen LogP contribution in [0.4, 0.5) is 0 Å². The van der Waals surface area contributed by atoms with Crippen molar-refractivity contribution in [3.05, 3.63) is 12.2 Å². The fourth-order valence-corrected chi connectivity index (χ4v) is 3.91. The van der Waals surface area contributed by atoms with Crippen LogP contribution in [0.1, 0.15) is 99.3 Å². The summed E-state index contributed by atoms with van der Waals surface area (Å²) in [5, 5.41) is -0.0233. The van der Waals surface area contributed by atoms with E-state index in [0.29, 0.717) is 0 Å². The SMILES string of the molecule is CCCCC/C=C/[C@H](CC(=O)O[Si](C)(C)C(C)(C)C)[C@H](CCCCC)OC(C)=O. The van der Waals surface area contributed by atoms with Crippen molar-refractivity contribution in [2.75, 3.05) is 0 Å². The summed E-state index contributed by atoms with van der Waals surface area (Å²) in [6.45, 7) is 16.4. The molecule has 0 aliphatic heterocycles. The molecule has 0 unspecified atom stereocenters. The molecule has 0 amide bonds. The van der Waals surface area contributed by atoms with Gasteiger partial charge in [-0.2, -0.15) is 0 Å². The lowest BCUT2D eigenvalue weighted by Gasteiger charge is -2.36. The van der Waals surface area contributed by atoms with Gasteiger partial charge in [-0.05, 0) is 43.8 Å². The molecule has 0 aromatic rings. The number of allylic oxidation sites excluding steroid dienone is 1. The van der Waals surface area contributed by atoms with Gasteiger partial charge in [0, 0.05) is 12.8 Å². The van der Waals surface area contributed by atoms with Crippen LogP contribution in [-0.4, -0.2) is 26.4 Å². The zero-order valence-corrected chi connectivity index (χ0v) is 21.3. The third kappa shape index (κ3) is 12.2. The van der Waals surface area contributed by atoms with Crippen molar-refractivity contribution in [1.82, 2.24) is 0 Å². The van der Waals surface area contributed by atoms with Crippen molar-refractivity contribution < 1.29 is 18.8 Å². The fourth-order valence-electron chi connectivity index (χ4n) is 2.95. The number of rotatable bonds is 14. The van der Waals surface area contributed by atoms with E-state index < -0.39 is 8.32 Å². The maximum absolute atomic E-state index is 12.8. The topological polar surface area (TPSA) is 52.6 Å². The molecule has 0 heterocycles. The van der Waals surface area contributed by atoms with Gasteiger partial charge in [0.15, 0.2) is 0 Å². The van der Waals surface area contributed by atoms with Gasteiger partial charge in [-0.25, -0.2) is 0 Å². The minimum Gasteiger partial charge on any atom is -0.519 e. The molecule has 2 atom stereocenters.